The minimum Gasteiger partial charge on any atom is -1.00 e. The third-order valence-electron chi connectivity index (χ3n) is 0.664. The van der Waals surface area contributed by atoms with Gasteiger partial charge < -0.3 is 21.9 Å². The van der Waals surface area contributed by atoms with E-state index in [0.29, 0.717) is 0 Å². The van der Waals surface area contributed by atoms with Crippen LogP contribution in [-0.2, 0) is 9.47 Å². The zero-order valence-electron chi connectivity index (χ0n) is 4.77. The summed E-state index contributed by atoms with van der Waals surface area (Å²) in [6, 6.07) is 0. The maximum atomic E-state index is 4.68. The highest BCUT2D eigenvalue weighted by atomic mass is 35.5. The summed E-state index contributed by atoms with van der Waals surface area (Å²) < 4.78 is 9.35. The second-order valence-corrected chi connectivity index (χ2v) is 1.04. The van der Waals surface area contributed by atoms with Crippen molar-refractivity contribution in [2.75, 3.05) is 14.2 Å². The van der Waals surface area contributed by atoms with E-state index in [-0.39, 0.29) is 18.7 Å². The molecule has 46 valence electrons. The van der Waals surface area contributed by atoms with Gasteiger partial charge in [0, 0.05) is 14.2 Å². The molecule has 0 unspecified atom stereocenters. The molecule has 0 aromatic heterocycles. The average Bonchev–Trinajstić information content (AvgIpc) is 1.65. The minimum absolute atomic E-state index is 0. The summed E-state index contributed by atoms with van der Waals surface area (Å²) in [7, 11) is 3.21. The third-order valence-corrected chi connectivity index (χ3v) is 0.664. The molecule has 0 aromatic carbocycles. The molecule has 0 atom stereocenters. The van der Waals surface area contributed by atoms with E-state index in [1.807, 2.05) is 6.92 Å². The van der Waals surface area contributed by atoms with Gasteiger partial charge in [-0.15, -0.1) is 0 Å². The molecule has 0 saturated carbocycles. The van der Waals surface area contributed by atoms with Gasteiger partial charge in [-0.25, -0.2) is 0 Å². The lowest BCUT2D eigenvalue weighted by Gasteiger charge is -2.03. The Morgan fingerprint density at radius 3 is 1.43 bits per heavy atom. The van der Waals surface area contributed by atoms with E-state index in [1.165, 1.54) is 0 Å². The predicted molar refractivity (Wildman–Crippen MR) is 23.5 cm³/mol. The van der Waals surface area contributed by atoms with Crippen molar-refractivity contribution in [2.45, 2.75) is 13.2 Å². The number of halogens is 1. The van der Waals surface area contributed by atoms with E-state index >= 15 is 0 Å². The van der Waals surface area contributed by atoms with Crippen LogP contribution in [0.4, 0.5) is 0 Å². The van der Waals surface area contributed by atoms with Gasteiger partial charge >= 0.3 is 0 Å². The topological polar surface area (TPSA) is 18.5 Å². The van der Waals surface area contributed by atoms with Gasteiger partial charge in [0.05, 0.1) is 0 Å². The zero-order chi connectivity index (χ0) is 4.99. The Labute approximate surface area is 50.2 Å². The molecule has 0 N–H and O–H groups in total. The quantitative estimate of drug-likeness (QED) is 0.384. The van der Waals surface area contributed by atoms with Crippen LogP contribution in [0.5, 0.6) is 0 Å². The normalized spacial score (nSPS) is 8.57. The van der Waals surface area contributed by atoms with Gasteiger partial charge in [-0.05, 0) is 6.92 Å². The van der Waals surface area contributed by atoms with Crippen LogP contribution < -0.4 is 12.4 Å². The van der Waals surface area contributed by atoms with Crippen molar-refractivity contribution in [1.29, 1.82) is 0 Å². The molecule has 0 amide bonds. The number of methoxy groups -OCH3 is 2. The molecule has 2 nitrogen and oxygen atoms in total. The first-order chi connectivity index (χ1) is 2.81. The Balaban J connectivity index is 0. The van der Waals surface area contributed by atoms with Gasteiger partial charge in [0.25, 0.3) is 0 Å². The maximum absolute atomic E-state index is 4.68. The van der Waals surface area contributed by atoms with E-state index in [1.54, 1.807) is 14.2 Å². The van der Waals surface area contributed by atoms with Crippen molar-refractivity contribution in [2.24, 2.45) is 0 Å². The smallest absolute Gasteiger partial charge is 0.154 e. The fourth-order valence-corrected chi connectivity index (χ4v) is 0.0962. The fraction of sp³-hybridized carbons (Fsp3) is 1.00. The van der Waals surface area contributed by atoms with E-state index in [0.717, 1.165) is 0 Å². The van der Waals surface area contributed by atoms with Gasteiger partial charge in [0.15, 0.2) is 6.29 Å². The molecule has 0 fully saturated rings. The van der Waals surface area contributed by atoms with Crippen LogP contribution in [0.25, 0.3) is 0 Å². The summed E-state index contributed by atoms with van der Waals surface area (Å²) >= 11 is 0. The average molecular weight is 126 g/mol. The first kappa shape index (κ1) is 10.2. The highest BCUT2D eigenvalue weighted by molar-refractivity contribution is 4.17. The number of hydrogen-bond acceptors (Lipinski definition) is 2. The molecule has 0 saturated heterocycles. The standard InChI is InChI=1S/C4H10O2.ClH/c1-4(5-2)6-3;/h4H,1-3H3;1H/p-1. The monoisotopic (exact) mass is 125 g/mol. The molecule has 0 bridgehead atoms. The summed E-state index contributed by atoms with van der Waals surface area (Å²) in [5, 5.41) is 0. The second kappa shape index (κ2) is 6.21. The van der Waals surface area contributed by atoms with Gasteiger partial charge in [-0.3, -0.25) is 0 Å². The van der Waals surface area contributed by atoms with Crippen molar-refractivity contribution in [1.82, 2.24) is 0 Å². The fourth-order valence-electron chi connectivity index (χ4n) is 0.0962. The Bertz CT molecular complexity index is 28.9. The maximum Gasteiger partial charge on any atom is 0.154 e. The number of ether oxygens (including phenoxy) is 2. The largest absolute Gasteiger partial charge is 1.00 e. The Morgan fingerprint density at radius 2 is 1.43 bits per heavy atom. The van der Waals surface area contributed by atoms with Gasteiger partial charge in [-0.2, -0.15) is 0 Å². The molecule has 0 rings (SSSR count). The van der Waals surface area contributed by atoms with E-state index < -0.39 is 0 Å². The van der Waals surface area contributed by atoms with E-state index in [9.17, 15) is 0 Å². The summed E-state index contributed by atoms with van der Waals surface area (Å²) in [5.74, 6) is 0. The molecule has 0 radical (unpaired) electrons. The Hall–Kier alpha value is 0.210. The molecular weight excluding hydrogens is 115 g/mol. The molecule has 3 heteroatoms. The van der Waals surface area contributed by atoms with Crippen LogP contribution in [0.1, 0.15) is 6.92 Å². The molecule has 0 spiro atoms. The molecule has 7 heavy (non-hydrogen) atoms. The van der Waals surface area contributed by atoms with Crippen LogP contribution >= 0.6 is 0 Å². The first-order valence-corrected chi connectivity index (χ1v) is 1.87. The van der Waals surface area contributed by atoms with Crippen LogP contribution in [0, 0.1) is 0 Å². The van der Waals surface area contributed by atoms with Crippen molar-refractivity contribution < 1.29 is 21.9 Å². The van der Waals surface area contributed by atoms with Crippen LogP contribution in [0.3, 0.4) is 0 Å². The molecule has 0 aliphatic rings. The molecule has 0 aliphatic carbocycles. The minimum atomic E-state index is -0.0648. The summed E-state index contributed by atoms with van der Waals surface area (Å²) in [6.07, 6.45) is -0.0648. The van der Waals surface area contributed by atoms with Crippen molar-refractivity contribution in [3.05, 3.63) is 0 Å². The number of hydrogen-bond donors (Lipinski definition) is 0. The zero-order valence-corrected chi connectivity index (χ0v) is 5.53. The summed E-state index contributed by atoms with van der Waals surface area (Å²) in [6.45, 7) is 1.83. The highest BCUT2D eigenvalue weighted by Crippen LogP contribution is 1.82. The lowest BCUT2D eigenvalue weighted by molar-refractivity contribution is -0.0877. The lowest BCUT2D eigenvalue weighted by Crippen LogP contribution is -3.00. The van der Waals surface area contributed by atoms with Crippen molar-refractivity contribution in [3.63, 3.8) is 0 Å². The molecular formula is C4H10ClO2-. The van der Waals surface area contributed by atoms with Crippen molar-refractivity contribution >= 4 is 0 Å². The summed E-state index contributed by atoms with van der Waals surface area (Å²) in [5.41, 5.74) is 0. The highest BCUT2D eigenvalue weighted by Gasteiger charge is 1.87. The van der Waals surface area contributed by atoms with Crippen LogP contribution in [-0.4, -0.2) is 20.5 Å². The molecule has 0 heterocycles. The summed E-state index contributed by atoms with van der Waals surface area (Å²) in [4.78, 5) is 0. The first-order valence-electron chi connectivity index (χ1n) is 1.87. The van der Waals surface area contributed by atoms with E-state index in [2.05, 4.69) is 9.47 Å². The molecule has 0 aliphatic heterocycles. The second-order valence-electron chi connectivity index (χ2n) is 1.04. The van der Waals surface area contributed by atoms with Gasteiger partial charge in [0.1, 0.15) is 0 Å². The SMILES string of the molecule is COC(C)OC.[Cl-]. The third kappa shape index (κ3) is 6.21. The Kier molecular flexibility index (Phi) is 9.09. The molecule has 0 aromatic rings. The number of rotatable bonds is 2. The Morgan fingerprint density at radius 1 is 1.14 bits per heavy atom. The van der Waals surface area contributed by atoms with Gasteiger partial charge in [0.2, 0.25) is 0 Å². The predicted octanol–water partition coefficient (Wildman–Crippen LogP) is -2.37. The van der Waals surface area contributed by atoms with Crippen molar-refractivity contribution in [3.8, 4) is 0 Å². The lowest BCUT2D eigenvalue weighted by atomic mass is 10.8. The van der Waals surface area contributed by atoms with Crippen LogP contribution in [0.2, 0.25) is 0 Å². The van der Waals surface area contributed by atoms with Crippen LogP contribution in [0.15, 0.2) is 0 Å². The van der Waals surface area contributed by atoms with E-state index in [4.69, 9.17) is 0 Å². The van der Waals surface area contributed by atoms with Gasteiger partial charge in [-0.1, -0.05) is 0 Å².